The van der Waals surface area contributed by atoms with E-state index >= 15 is 0 Å². The number of halogens is 1. The molecule has 0 unspecified atom stereocenters. The van der Waals surface area contributed by atoms with Crippen LogP contribution in [0.5, 0.6) is 5.75 Å². The van der Waals surface area contributed by atoms with Crippen LogP contribution >= 0.6 is 0 Å². The summed E-state index contributed by atoms with van der Waals surface area (Å²) in [6.45, 7) is 1.55. The second-order valence-electron chi connectivity index (χ2n) is 8.91. The molecule has 0 radical (unpaired) electrons. The van der Waals surface area contributed by atoms with Gasteiger partial charge in [-0.2, -0.15) is 0 Å². The lowest BCUT2D eigenvalue weighted by atomic mass is 9.83. The molecule has 1 saturated heterocycles. The molecule has 2 aliphatic heterocycles. The average molecular weight is 477 g/mol. The predicted octanol–water partition coefficient (Wildman–Crippen LogP) is 3.90. The van der Waals surface area contributed by atoms with Crippen LogP contribution in [0.2, 0.25) is 0 Å². The lowest BCUT2D eigenvalue weighted by Crippen LogP contribution is -2.49. The molecular formula is C26H25FN4O4. The highest BCUT2D eigenvalue weighted by atomic mass is 19.1. The molecule has 2 atom stereocenters. The Kier molecular flexibility index (Phi) is 5.98. The van der Waals surface area contributed by atoms with Gasteiger partial charge in [-0.3, -0.25) is 9.59 Å². The van der Waals surface area contributed by atoms with E-state index in [1.54, 1.807) is 48.1 Å². The number of hydrogen-bond acceptors (Lipinski definition) is 4. The Labute approximate surface area is 201 Å². The highest BCUT2D eigenvalue weighted by Gasteiger charge is 2.37. The molecule has 2 N–H and O–H groups in total. The molecule has 2 aliphatic rings. The number of nitrogens with one attached hydrogen (secondary N) is 2. The van der Waals surface area contributed by atoms with Gasteiger partial charge in [-0.25, -0.2) is 9.18 Å². The van der Waals surface area contributed by atoms with Crippen molar-refractivity contribution in [1.82, 2.24) is 9.47 Å². The van der Waals surface area contributed by atoms with E-state index in [-0.39, 0.29) is 34.7 Å². The topological polar surface area (TPSA) is 92.7 Å². The van der Waals surface area contributed by atoms with Crippen LogP contribution in [0.15, 0.2) is 65.5 Å². The molecule has 2 aromatic carbocycles. The number of carbonyl (C=O) groups is 2. The van der Waals surface area contributed by atoms with Gasteiger partial charge in [-0.1, -0.05) is 6.07 Å². The standard InChI is InChI=1S/C26H25FN4O4/c1-35-21-7-5-17(6-8-21)24(32)30-13-16-11-18(15-30)23-10-9-22(25(33)31(23)14-16)29-26(34)28-20-4-2-3-19(27)12-20/h2-10,12,16,18H,11,13-15H2,1H3,(H2,28,29,34)/t16-,18+/m0/s1. The Morgan fingerprint density at radius 3 is 2.54 bits per heavy atom. The summed E-state index contributed by atoms with van der Waals surface area (Å²) in [7, 11) is 1.58. The number of amides is 3. The van der Waals surface area contributed by atoms with Crippen molar-refractivity contribution < 1.29 is 18.7 Å². The average Bonchev–Trinajstić information content (AvgIpc) is 2.85. The van der Waals surface area contributed by atoms with Gasteiger partial charge in [-0.05, 0) is 66.9 Å². The van der Waals surface area contributed by atoms with Crippen LogP contribution in [0.4, 0.5) is 20.6 Å². The summed E-state index contributed by atoms with van der Waals surface area (Å²) >= 11 is 0. The molecule has 1 fully saturated rings. The maximum Gasteiger partial charge on any atom is 0.323 e. The number of ether oxygens (including phenoxy) is 1. The molecule has 8 nitrogen and oxygen atoms in total. The molecule has 5 rings (SSSR count). The van der Waals surface area contributed by atoms with Crippen LogP contribution in [0, 0.1) is 11.7 Å². The van der Waals surface area contributed by atoms with Crippen molar-refractivity contribution in [2.24, 2.45) is 5.92 Å². The molecule has 3 aromatic rings. The third-order valence-electron chi connectivity index (χ3n) is 6.56. The first-order valence-corrected chi connectivity index (χ1v) is 11.4. The van der Waals surface area contributed by atoms with Gasteiger partial charge in [0.05, 0.1) is 7.11 Å². The van der Waals surface area contributed by atoms with Crippen LogP contribution in [0.25, 0.3) is 0 Å². The summed E-state index contributed by atoms with van der Waals surface area (Å²) in [6.07, 6.45) is 0.901. The maximum absolute atomic E-state index is 13.4. The summed E-state index contributed by atoms with van der Waals surface area (Å²) in [5.74, 6) is 0.359. The number of aromatic nitrogens is 1. The molecule has 1 aromatic heterocycles. The first-order valence-electron chi connectivity index (χ1n) is 11.4. The van der Waals surface area contributed by atoms with Gasteiger partial charge in [0.25, 0.3) is 11.5 Å². The maximum atomic E-state index is 13.4. The molecule has 3 heterocycles. The minimum atomic E-state index is -0.625. The van der Waals surface area contributed by atoms with E-state index in [9.17, 15) is 18.8 Å². The Morgan fingerprint density at radius 1 is 1.00 bits per heavy atom. The fourth-order valence-corrected chi connectivity index (χ4v) is 4.97. The minimum absolute atomic E-state index is 0.0348. The number of fused-ring (bicyclic) bond motifs is 4. The SMILES string of the molecule is COc1ccc(C(=O)N2C[C@@H]3C[C@H](C2)c2ccc(NC(=O)Nc4cccc(F)c4)c(=O)n2C3)cc1. The third-order valence-corrected chi connectivity index (χ3v) is 6.56. The Morgan fingerprint density at radius 2 is 1.80 bits per heavy atom. The summed E-state index contributed by atoms with van der Waals surface area (Å²) in [5, 5.41) is 5.10. The quantitative estimate of drug-likeness (QED) is 0.598. The largest absolute Gasteiger partial charge is 0.497 e. The summed E-state index contributed by atoms with van der Waals surface area (Å²) in [5.41, 5.74) is 1.61. The molecule has 0 aliphatic carbocycles. The van der Waals surface area contributed by atoms with Crippen molar-refractivity contribution in [3.05, 3.63) is 88.1 Å². The predicted molar refractivity (Wildman–Crippen MR) is 129 cm³/mol. The number of rotatable bonds is 4. The number of pyridine rings is 1. The van der Waals surface area contributed by atoms with Crippen LogP contribution < -0.4 is 20.9 Å². The Balaban J connectivity index is 1.31. The normalized spacial score (nSPS) is 18.4. The summed E-state index contributed by atoms with van der Waals surface area (Å²) in [4.78, 5) is 40.5. The van der Waals surface area contributed by atoms with E-state index in [1.807, 2.05) is 11.0 Å². The highest BCUT2D eigenvalue weighted by molar-refractivity contribution is 5.99. The van der Waals surface area contributed by atoms with E-state index in [2.05, 4.69) is 10.6 Å². The van der Waals surface area contributed by atoms with Crippen molar-refractivity contribution in [2.45, 2.75) is 18.9 Å². The van der Waals surface area contributed by atoms with Gasteiger partial charge in [0.2, 0.25) is 0 Å². The Bertz CT molecular complexity index is 1340. The highest BCUT2D eigenvalue weighted by Crippen LogP contribution is 2.36. The number of benzene rings is 2. The van der Waals surface area contributed by atoms with Crippen LogP contribution in [-0.2, 0) is 6.54 Å². The summed E-state index contributed by atoms with van der Waals surface area (Å²) in [6, 6.07) is 15.4. The molecule has 9 heteroatoms. The Hall–Kier alpha value is -4.14. The monoisotopic (exact) mass is 476 g/mol. The van der Waals surface area contributed by atoms with Gasteiger partial charge in [0, 0.05) is 42.5 Å². The molecule has 180 valence electrons. The van der Waals surface area contributed by atoms with Crippen LogP contribution in [-0.4, -0.2) is 41.6 Å². The van der Waals surface area contributed by atoms with Crippen LogP contribution in [0.1, 0.15) is 28.4 Å². The van der Waals surface area contributed by atoms with Gasteiger partial charge in [0.1, 0.15) is 17.3 Å². The second-order valence-corrected chi connectivity index (χ2v) is 8.91. The minimum Gasteiger partial charge on any atom is -0.497 e. The van der Waals surface area contributed by atoms with Crippen molar-refractivity contribution in [3.8, 4) is 5.75 Å². The first kappa shape index (κ1) is 22.6. The van der Waals surface area contributed by atoms with E-state index < -0.39 is 11.8 Å². The smallest absolute Gasteiger partial charge is 0.323 e. The third kappa shape index (κ3) is 4.62. The first-order chi connectivity index (χ1) is 16.9. The number of nitrogens with zero attached hydrogens (tertiary/aromatic N) is 2. The van der Waals surface area contributed by atoms with E-state index in [0.29, 0.717) is 30.9 Å². The number of urea groups is 1. The molecule has 0 spiro atoms. The van der Waals surface area contributed by atoms with E-state index in [1.165, 1.54) is 18.2 Å². The number of carbonyl (C=O) groups excluding carboxylic acids is 2. The molecular weight excluding hydrogens is 451 g/mol. The van der Waals surface area contributed by atoms with Crippen molar-refractivity contribution >= 4 is 23.3 Å². The number of anilines is 2. The number of hydrogen-bond donors (Lipinski definition) is 2. The number of likely N-dealkylation sites (tertiary alicyclic amines) is 1. The number of methoxy groups -OCH3 is 1. The zero-order chi connectivity index (χ0) is 24.5. The zero-order valence-electron chi connectivity index (χ0n) is 19.2. The lowest BCUT2D eigenvalue weighted by molar-refractivity contribution is 0.0594. The van der Waals surface area contributed by atoms with Crippen molar-refractivity contribution in [3.63, 3.8) is 0 Å². The van der Waals surface area contributed by atoms with Crippen LogP contribution in [0.3, 0.4) is 0 Å². The van der Waals surface area contributed by atoms with Gasteiger partial charge >= 0.3 is 6.03 Å². The molecule has 35 heavy (non-hydrogen) atoms. The van der Waals surface area contributed by atoms with Gasteiger partial charge in [-0.15, -0.1) is 0 Å². The molecule has 2 bridgehead atoms. The molecule has 3 amide bonds. The fraction of sp³-hybridized carbons (Fsp3) is 0.269. The summed E-state index contributed by atoms with van der Waals surface area (Å²) < 4.78 is 20.2. The van der Waals surface area contributed by atoms with E-state index in [4.69, 9.17) is 4.74 Å². The van der Waals surface area contributed by atoms with E-state index in [0.717, 1.165) is 12.1 Å². The molecule has 0 saturated carbocycles. The van der Waals surface area contributed by atoms with Crippen molar-refractivity contribution in [1.29, 1.82) is 0 Å². The van der Waals surface area contributed by atoms with Crippen molar-refractivity contribution in [2.75, 3.05) is 30.8 Å². The van der Waals surface area contributed by atoms with Gasteiger partial charge in [0.15, 0.2) is 0 Å². The lowest BCUT2D eigenvalue weighted by Gasteiger charge is -2.43. The van der Waals surface area contributed by atoms with Gasteiger partial charge < -0.3 is 24.8 Å². The number of piperidine rings is 1. The zero-order valence-corrected chi connectivity index (χ0v) is 19.2. The fourth-order valence-electron chi connectivity index (χ4n) is 4.97. The second kappa shape index (κ2) is 9.25.